The molecular weight excluding hydrogens is 232 g/mol. The van der Waals surface area contributed by atoms with E-state index >= 15 is 0 Å². The van der Waals surface area contributed by atoms with Crippen LogP contribution in [-0.2, 0) is 4.79 Å². The minimum Gasteiger partial charge on any atom is -0.507 e. The second-order valence-corrected chi connectivity index (χ2v) is 3.45. The number of carbonyl (C=O) groups is 2. The third-order valence-electron chi connectivity index (χ3n) is 1.89. The predicted octanol–water partition coefficient (Wildman–Crippen LogP) is 0.521. The van der Waals surface area contributed by atoms with Crippen molar-refractivity contribution in [2.24, 2.45) is 0 Å². The summed E-state index contributed by atoms with van der Waals surface area (Å²) in [6, 6.07) is 4.11. The van der Waals surface area contributed by atoms with Crippen molar-refractivity contribution in [1.82, 2.24) is 10.6 Å². The number of benzene rings is 1. The van der Waals surface area contributed by atoms with Crippen LogP contribution in [-0.4, -0.2) is 30.5 Å². The van der Waals surface area contributed by atoms with Crippen molar-refractivity contribution in [3.05, 3.63) is 28.8 Å². The van der Waals surface area contributed by atoms with E-state index in [4.69, 9.17) is 11.6 Å². The van der Waals surface area contributed by atoms with E-state index in [9.17, 15) is 14.7 Å². The van der Waals surface area contributed by atoms with E-state index in [0.29, 0.717) is 5.02 Å². The molecule has 0 saturated carbocycles. The molecule has 5 nitrogen and oxygen atoms in total. The molecule has 0 aliphatic rings. The van der Waals surface area contributed by atoms with Gasteiger partial charge in [-0.1, -0.05) is 11.6 Å². The summed E-state index contributed by atoms with van der Waals surface area (Å²) in [5, 5.41) is 14.4. The van der Waals surface area contributed by atoms with Crippen molar-refractivity contribution in [2.75, 3.05) is 13.6 Å². The van der Waals surface area contributed by atoms with Gasteiger partial charge in [-0.05, 0) is 18.2 Å². The Labute approximate surface area is 97.4 Å². The first-order valence-electron chi connectivity index (χ1n) is 4.52. The van der Waals surface area contributed by atoms with Crippen molar-refractivity contribution in [3.8, 4) is 5.75 Å². The molecule has 0 aliphatic carbocycles. The highest BCUT2D eigenvalue weighted by molar-refractivity contribution is 6.31. The van der Waals surface area contributed by atoms with E-state index in [1.165, 1.54) is 25.2 Å². The fraction of sp³-hybridized carbons (Fsp3) is 0.200. The molecule has 1 aromatic carbocycles. The molecule has 6 heteroatoms. The smallest absolute Gasteiger partial charge is 0.255 e. The van der Waals surface area contributed by atoms with Crippen molar-refractivity contribution in [3.63, 3.8) is 0 Å². The van der Waals surface area contributed by atoms with Crippen LogP contribution in [0.1, 0.15) is 10.4 Å². The minimum absolute atomic E-state index is 0.0383. The maximum Gasteiger partial charge on any atom is 0.255 e. The van der Waals surface area contributed by atoms with Crippen LogP contribution < -0.4 is 10.6 Å². The van der Waals surface area contributed by atoms with Crippen LogP contribution in [0.4, 0.5) is 0 Å². The Morgan fingerprint density at radius 2 is 2.12 bits per heavy atom. The van der Waals surface area contributed by atoms with Gasteiger partial charge in [0.05, 0.1) is 12.1 Å². The van der Waals surface area contributed by atoms with Crippen LogP contribution >= 0.6 is 11.6 Å². The summed E-state index contributed by atoms with van der Waals surface area (Å²) in [5.41, 5.74) is 0.0383. The van der Waals surface area contributed by atoms with E-state index in [-0.39, 0.29) is 23.8 Å². The van der Waals surface area contributed by atoms with Crippen LogP contribution in [0.25, 0.3) is 0 Å². The van der Waals surface area contributed by atoms with E-state index in [1.54, 1.807) is 0 Å². The summed E-state index contributed by atoms with van der Waals surface area (Å²) < 4.78 is 0. The van der Waals surface area contributed by atoms with Gasteiger partial charge in [-0.2, -0.15) is 0 Å². The Kier molecular flexibility index (Phi) is 4.13. The lowest BCUT2D eigenvalue weighted by Gasteiger charge is -2.06. The van der Waals surface area contributed by atoms with Crippen molar-refractivity contribution < 1.29 is 14.7 Å². The quantitative estimate of drug-likeness (QED) is 0.723. The van der Waals surface area contributed by atoms with Gasteiger partial charge < -0.3 is 15.7 Å². The lowest BCUT2D eigenvalue weighted by Crippen LogP contribution is -2.35. The standard InChI is InChI=1S/C10H11ClN2O3/c1-12-9(15)5-13-10(16)7-4-6(11)2-3-8(7)14/h2-4,14H,5H2,1H3,(H,12,15)(H,13,16). The van der Waals surface area contributed by atoms with Gasteiger partial charge in [0, 0.05) is 12.1 Å². The third-order valence-corrected chi connectivity index (χ3v) is 2.13. The molecule has 0 heterocycles. The first-order chi connectivity index (χ1) is 7.54. The van der Waals surface area contributed by atoms with Gasteiger partial charge in [-0.15, -0.1) is 0 Å². The number of hydrogen-bond acceptors (Lipinski definition) is 3. The number of halogens is 1. The zero-order valence-electron chi connectivity index (χ0n) is 8.58. The van der Waals surface area contributed by atoms with Crippen LogP contribution in [0.3, 0.4) is 0 Å². The summed E-state index contributed by atoms with van der Waals surface area (Å²) in [5.74, 6) is -1.06. The number of aromatic hydroxyl groups is 1. The Hall–Kier alpha value is -1.75. The Balaban J connectivity index is 2.73. The number of phenols is 1. The summed E-state index contributed by atoms with van der Waals surface area (Å²) in [4.78, 5) is 22.4. The van der Waals surface area contributed by atoms with Gasteiger partial charge >= 0.3 is 0 Å². The van der Waals surface area contributed by atoms with Crippen molar-refractivity contribution in [2.45, 2.75) is 0 Å². The molecule has 86 valence electrons. The maximum atomic E-state index is 11.5. The Bertz CT molecular complexity index is 421. The summed E-state index contributed by atoms with van der Waals surface area (Å²) in [6.45, 7) is -0.152. The molecule has 0 unspecified atom stereocenters. The molecule has 0 spiro atoms. The molecule has 0 aliphatic heterocycles. The van der Waals surface area contributed by atoms with Gasteiger partial charge in [0.15, 0.2) is 0 Å². The van der Waals surface area contributed by atoms with E-state index in [0.717, 1.165) is 0 Å². The molecule has 2 amide bonds. The number of amides is 2. The van der Waals surface area contributed by atoms with Crippen LogP contribution in [0.2, 0.25) is 5.02 Å². The molecule has 0 atom stereocenters. The Morgan fingerprint density at radius 1 is 1.44 bits per heavy atom. The topological polar surface area (TPSA) is 78.4 Å². The molecular formula is C10H11ClN2O3. The number of phenolic OH excluding ortho intramolecular Hbond substituents is 1. The highest BCUT2D eigenvalue weighted by atomic mass is 35.5. The number of likely N-dealkylation sites (N-methyl/N-ethyl adjacent to an activating group) is 1. The first kappa shape index (κ1) is 12.3. The average molecular weight is 243 g/mol. The first-order valence-corrected chi connectivity index (χ1v) is 4.89. The largest absolute Gasteiger partial charge is 0.507 e. The van der Waals surface area contributed by atoms with E-state index in [1.807, 2.05) is 0 Å². The van der Waals surface area contributed by atoms with Crippen molar-refractivity contribution >= 4 is 23.4 Å². The number of carbonyl (C=O) groups excluding carboxylic acids is 2. The van der Waals surface area contributed by atoms with Gasteiger partial charge in [0.2, 0.25) is 5.91 Å². The van der Waals surface area contributed by atoms with Crippen LogP contribution in [0, 0.1) is 0 Å². The predicted molar refractivity (Wildman–Crippen MR) is 59.5 cm³/mol. The summed E-state index contributed by atoms with van der Waals surface area (Å²) in [6.07, 6.45) is 0. The lowest BCUT2D eigenvalue weighted by atomic mass is 10.2. The molecule has 0 fully saturated rings. The lowest BCUT2D eigenvalue weighted by molar-refractivity contribution is -0.119. The number of nitrogens with one attached hydrogen (secondary N) is 2. The van der Waals surface area contributed by atoms with Crippen LogP contribution in [0.5, 0.6) is 5.75 Å². The molecule has 1 aromatic rings. The number of hydrogen-bond donors (Lipinski definition) is 3. The average Bonchev–Trinajstić information content (AvgIpc) is 2.28. The van der Waals surface area contributed by atoms with Gasteiger partial charge in [-0.25, -0.2) is 0 Å². The zero-order valence-corrected chi connectivity index (χ0v) is 9.34. The maximum absolute atomic E-state index is 11.5. The van der Waals surface area contributed by atoms with Crippen LogP contribution in [0.15, 0.2) is 18.2 Å². The fourth-order valence-corrected chi connectivity index (χ4v) is 1.21. The van der Waals surface area contributed by atoms with E-state index < -0.39 is 5.91 Å². The molecule has 0 radical (unpaired) electrons. The molecule has 0 saturated heterocycles. The minimum atomic E-state index is -0.552. The van der Waals surface area contributed by atoms with Gasteiger partial charge in [0.25, 0.3) is 5.91 Å². The number of rotatable bonds is 3. The van der Waals surface area contributed by atoms with Crippen molar-refractivity contribution in [1.29, 1.82) is 0 Å². The molecule has 1 rings (SSSR count). The van der Waals surface area contributed by atoms with Gasteiger partial charge in [-0.3, -0.25) is 9.59 Å². The molecule has 3 N–H and O–H groups in total. The normalized spacial score (nSPS) is 9.62. The second-order valence-electron chi connectivity index (χ2n) is 3.02. The van der Waals surface area contributed by atoms with Gasteiger partial charge in [0.1, 0.15) is 5.75 Å². The summed E-state index contributed by atoms with van der Waals surface area (Å²) >= 11 is 5.68. The third kappa shape index (κ3) is 3.13. The molecule has 0 bridgehead atoms. The van der Waals surface area contributed by atoms with E-state index in [2.05, 4.69) is 10.6 Å². The second kappa shape index (κ2) is 5.37. The fourth-order valence-electron chi connectivity index (χ4n) is 1.03. The highest BCUT2D eigenvalue weighted by Gasteiger charge is 2.12. The SMILES string of the molecule is CNC(=O)CNC(=O)c1cc(Cl)ccc1O. The molecule has 16 heavy (non-hydrogen) atoms. The molecule has 0 aromatic heterocycles. The highest BCUT2D eigenvalue weighted by Crippen LogP contribution is 2.20. The Morgan fingerprint density at radius 3 is 2.75 bits per heavy atom. The monoisotopic (exact) mass is 242 g/mol. The summed E-state index contributed by atoms with van der Waals surface area (Å²) in [7, 11) is 1.46. The zero-order chi connectivity index (χ0) is 12.1.